The summed E-state index contributed by atoms with van der Waals surface area (Å²) < 4.78 is 10.9. The van der Waals surface area contributed by atoms with Gasteiger partial charge in [0.05, 0.1) is 0 Å². The van der Waals surface area contributed by atoms with Crippen molar-refractivity contribution in [3.63, 3.8) is 0 Å². The SMILES string of the molecule is CC(CS(C)=O)NC(=O)c1ccccc1. The quantitative estimate of drug-likeness (QED) is 0.836. The van der Waals surface area contributed by atoms with E-state index in [1.165, 1.54) is 0 Å². The third kappa shape index (κ3) is 4.25. The Morgan fingerprint density at radius 3 is 2.53 bits per heavy atom. The molecule has 0 aliphatic rings. The van der Waals surface area contributed by atoms with Crippen LogP contribution in [0.4, 0.5) is 0 Å². The van der Waals surface area contributed by atoms with E-state index in [0.29, 0.717) is 11.3 Å². The van der Waals surface area contributed by atoms with Gasteiger partial charge in [-0.25, -0.2) is 0 Å². The van der Waals surface area contributed by atoms with Gasteiger partial charge in [-0.05, 0) is 19.1 Å². The zero-order valence-electron chi connectivity index (χ0n) is 8.90. The molecular weight excluding hydrogens is 210 g/mol. The molecule has 2 atom stereocenters. The molecule has 0 heterocycles. The molecule has 0 radical (unpaired) electrons. The van der Waals surface area contributed by atoms with Crippen LogP contribution in [0, 0.1) is 0 Å². The lowest BCUT2D eigenvalue weighted by Gasteiger charge is -2.12. The van der Waals surface area contributed by atoms with Crippen molar-refractivity contribution in [2.45, 2.75) is 13.0 Å². The average molecular weight is 225 g/mol. The fraction of sp³-hybridized carbons (Fsp3) is 0.364. The molecule has 1 aromatic rings. The van der Waals surface area contributed by atoms with Gasteiger partial charge in [0, 0.05) is 34.4 Å². The van der Waals surface area contributed by atoms with E-state index in [9.17, 15) is 9.00 Å². The Bertz CT molecular complexity index is 351. The average Bonchev–Trinajstić information content (AvgIpc) is 2.17. The first-order chi connectivity index (χ1) is 7.09. The summed E-state index contributed by atoms with van der Waals surface area (Å²) in [5, 5.41) is 2.80. The lowest BCUT2D eigenvalue weighted by atomic mass is 10.2. The molecule has 2 unspecified atom stereocenters. The number of nitrogens with one attached hydrogen (secondary N) is 1. The van der Waals surface area contributed by atoms with Gasteiger partial charge < -0.3 is 5.32 Å². The number of carbonyl (C=O) groups is 1. The second-order valence-corrected chi connectivity index (χ2v) is 4.96. The van der Waals surface area contributed by atoms with Crippen LogP contribution in [-0.2, 0) is 10.8 Å². The molecule has 15 heavy (non-hydrogen) atoms. The molecule has 0 bridgehead atoms. The molecular formula is C11H15NO2S. The first-order valence-electron chi connectivity index (χ1n) is 4.75. The van der Waals surface area contributed by atoms with Crippen molar-refractivity contribution < 1.29 is 9.00 Å². The molecule has 0 fully saturated rings. The van der Waals surface area contributed by atoms with Crippen LogP contribution in [0.15, 0.2) is 30.3 Å². The summed E-state index contributed by atoms with van der Waals surface area (Å²) in [5.74, 6) is 0.368. The van der Waals surface area contributed by atoms with E-state index < -0.39 is 10.8 Å². The fourth-order valence-electron chi connectivity index (χ4n) is 1.29. The van der Waals surface area contributed by atoms with Crippen molar-refractivity contribution in [3.8, 4) is 0 Å². The molecule has 4 heteroatoms. The Labute approximate surface area is 92.3 Å². The van der Waals surface area contributed by atoms with E-state index in [1.54, 1.807) is 18.4 Å². The lowest BCUT2D eigenvalue weighted by Crippen LogP contribution is -2.36. The first-order valence-corrected chi connectivity index (χ1v) is 6.48. The number of carbonyl (C=O) groups excluding carboxylic acids is 1. The fourth-order valence-corrected chi connectivity index (χ4v) is 2.08. The van der Waals surface area contributed by atoms with Gasteiger partial charge in [-0.1, -0.05) is 18.2 Å². The van der Waals surface area contributed by atoms with Crippen molar-refractivity contribution in [2.24, 2.45) is 0 Å². The maximum atomic E-state index is 11.6. The molecule has 1 amide bonds. The minimum atomic E-state index is -0.883. The van der Waals surface area contributed by atoms with Crippen molar-refractivity contribution >= 4 is 16.7 Å². The second-order valence-electron chi connectivity index (χ2n) is 3.48. The maximum absolute atomic E-state index is 11.6. The predicted molar refractivity (Wildman–Crippen MR) is 62.3 cm³/mol. The monoisotopic (exact) mass is 225 g/mol. The minimum absolute atomic E-state index is 0.0662. The number of hydrogen-bond acceptors (Lipinski definition) is 2. The molecule has 0 saturated heterocycles. The summed E-state index contributed by atoms with van der Waals surface area (Å²) in [6, 6.07) is 8.94. The Balaban J connectivity index is 2.53. The third-order valence-corrected chi connectivity index (χ3v) is 2.87. The summed E-state index contributed by atoms with van der Waals surface area (Å²) in [4.78, 5) is 11.6. The van der Waals surface area contributed by atoms with E-state index in [1.807, 2.05) is 25.1 Å². The van der Waals surface area contributed by atoms with Crippen LogP contribution in [0.1, 0.15) is 17.3 Å². The van der Waals surface area contributed by atoms with Crippen LogP contribution in [0.3, 0.4) is 0 Å². The summed E-state index contributed by atoms with van der Waals surface area (Å²) >= 11 is 0. The van der Waals surface area contributed by atoms with Gasteiger partial charge in [0.2, 0.25) is 0 Å². The van der Waals surface area contributed by atoms with Crippen LogP contribution >= 0.6 is 0 Å². The van der Waals surface area contributed by atoms with Gasteiger partial charge in [0.15, 0.2) is 0 Å². The molecule has 1 N–H and O–H groups in total. The van der Waals surface area contributed by atoms with Gasteiger partial charge >= 0.3 is 0 Å². The Kier molecular flexibility index (Phi) is 4.49. The van der Waals surface area contributed by atoms with Crippen molar-refractivity contribution in [1.29, 1.82) is 0 Å². The highest BCUT2D eigenvalue weighted by Gasteiger charge is 2.09. The summed E-state index contributed by atoms with van der Waals surface area (Å²) in [7, 11) is -0.883. The minimum Gasteiger partial charge on any atom is -0.349 e. The molecule has 0 aliphatic carbocycles. The van der Waals surface area contributed by atoms with Crippen LogP contribution in [0.5, 0.6) is 0 Å². The summed E-state index contributed by atoms with van der Waals surface area (Å²) in [5.41, 5.74) is 0.631. The molecule has 3 nitrogen and oxygen atoms in total. The van der Waals surface area contributed by atoms with Gasteiger partial charge in [0.25, 0.3) is 5.91 Å². The van der Waals surface area contributed by atoms with Crippen molar-refractivity contribution in [2.75, 3.05) is 12.0 Å². The smallest absolute Gasteiger partial charge is 0.251 e. The van der Waals surface area contributed by atoms with Gasteiger partial charge in [0.1, 0.15) is 0 Å². The van der Waals surface area contributed by atoms with Crippen LogP contribution in [-0.4, -0.2) is 28.2 Å². The topological polar surface area (TPSA) is 46.2 Å². The second kappa shape index (κ2) is 5.66. The molecule has 0 aromatic heterocycles. The predicted octanol–water partition coefficient (Wildman–Crippen LogP) is 1.18. The molecule has 0 saturated carbocycles. The standard InChI is InChI=1S/C11H15NO2S/c1-9(8-15(2)14)12-11(13)10-6-4-3-5-7-10/h3-7,9H,8H2,1-2H3,(H,12,13). The highest BCUT2D eigenvalue weighted by atomic mass is 32.2. The third-order valence-electron chi connectivity index (χ3n) is 1.90. The van der Waals surface area contributed by atoms with E-state index >= 15 is 0 Å². The van der Waals surface area contributed by atoms with Crippen LogP contribution in [0.2, 0.25) is 0 Å². The Morgan fingerprint density at radius 1 is 1.40 bits per heavy atom. The number of amides is 1. The first kappa shape index (κ1) is 11.9. The Hall–Kier alpha value is -1.16. The van der Waals surface area contributed by atoms with E-state index in [2.05, 4.69) is 5.32 Å². The highest BCUT2D eigenvalue weighted by Crippen LogP contribution is 1.99. The van der Waals surface area contributed by atoms with Crippen LogP contribution < -0.4 is 5.32 Å². The number of hydrogen-bond donors (Lipinski definition) is 1. The lowest BCUT2D eigenvalue weighted by molar-refractivity contribution is 0.0943. The van der Waals surface area contributed by atoms with Gasteiger partial charge in [-0.3, -0.25) is 9.00 Å². The van der Waals surface area contributed by atoms with E-state index in [4.69, 9.17) is 0 Å². The van der Waals surface area contributed by atoms with Crippen molar-refractivity contribution in [1.82, 2.24) is 5.32 Å². The molecule has 82 valence electrons. The van der Waals surface area contributed by atoms with Crippen LogP contribution in [0.25, 0.3) is 0 Å². The molecule has 1 aromatic carbocycles. The zero-order valence-corrected chi connectivity index (χ0v) is 9.71. The number of benzene rings is 1. The number of rotatable bonds is 4. The van der Waals surface area contributed by atoms with Gasteiger partial charge in [-0.15, -0.1) is 0 Å². The van der Waals surface area contributed by atoms with Gasteiger partial charge in [-0.2, -0.15) is 0 Å². The van der Waals surface area contributed by atoms with E-state index in [0.717, 1.165) is 0 Å². The molecule has 0 aliphatic heterocycles. The largest absolute Gasteiger partial charge is 0.349 e. The normalized spacial score (nSPS) is 14.3. The zero-order chi connectivity index (χ0) is 11.3. The highest BCUT2D eigenvalue weighted by molar-refractivity contribution is 7.84. The molecule has 0 spiro atoms. The molecule has 1 rings (SSSR count). The maximum Gasteiger partial charge on any atom is 0.251 e. The van der Waals surface area contributed by atoms with E-state index in [-0.39, 0.29) is 11.9 Å². The summed E-state index contributed by atoms with van der Waals surface area (Å²) in [6.45, 7) is 1.85. The Morgan fingerprint density at radius 2 is 2.00 bits per heavy atom. The van der Waals surface area contributed by atoms with Crippen molar-refractivity contribution in [3.05, 3.63) is 35.9 Å². The summed E-state index contributed by atoms with van der Waals surface area (Å²) in [6.07, 6.45) is 1.63.